The molecule has 0 radical (unpaired) electrons. The minimum Gasteiger partial charge on any atom is -0.319 e. The van der Waals surface area contributed by atoms with Gasteiger partial charge in [-0.25, -0.2) is 8.78 Å². The van der Waals surface area contributed by atoms with Crippen molar-refractivity contribution in [3.8, 4) is 0 Å². The van der Waals surface area contributed by atoms with Gasteiger partial charge in [0.2, 0.25) is 6.43 Å². The Labute approximate surface area is 105 Å². The fourth-order valence-corrected chi connectivity index (χ4v) is 3.30. The Balaban J connectivity index is 2.37. The maximum absolute atomic E-state index is 13.3. The number of alkyl halides is 2. The molecule has 1 aromatic rings. The van der Waals surface area contributed by atoms with Gasteiger partial charge < -0.3 is 5.32 Å². The number of likely N-dealkylation sites (N-methyl/N-ethyl adjacent to an activating group) is 1. The lowest BCUT2D eigenvalue weighted by Gasteiger charge is -2.29. The minimum atomic E-state index is -2.36. The van der Waals surface area contributed by atoms with Gasteiger partial charge in [-0.1, -0.05) is 12.1 Å². The van der Waals surface area contributed by atoms with Crippen LogP contribution in [0.2, 0.25) is 0 Å². The highest BCUT2D eigenvalue weighted by atomic mass is 32.2. The number of thioether (sulfide) groups is 1. The second-order valence-electron chi connectivity index (χ2n) is 4.67. The third-order valence-corrected chi connectivity index (χ3v) is 4.48. The summed E-state index contributed by atoms with van der Waals surface area (Å²) in [6.45, 7) is 1.91. The smallest absolute Gasteiger partial charge is 0.249 e. The first kappa shape index (κ1) is 12.8. The number of hydrogen-bond acceptors (Lipinski definition) is 2. The van der Waals surface area contributed by atoms with E-state index in [2.05, 4.69) is 5.32 Å². The van der Waals surface area contributed by atoms with Crippen LogP contribution >= 0.6 is 11.8 Å². The average Bonchev–Trinajstić information content (AvgIpc) is 2.75. The summed E-state index contributed by atoms with van der Waals surface area (Å²) >= 11 is 1.76. The Morgan fingerprint density at radius 1 is 1.47 bits per heavy atom. The number of nitrogens with one attached hydrogen (secondary N) is 1. The van der Waals surface area contributed by atoms with Gasteiger partial charge in [0.1, 0.15) is 0 Å². The second-order valence-corrected chi connectivity index (χ2v) is 5.81. The van der Waals surface area contributed by atoms with Crippen molar-refractivity contribution in [1.82, 2.24) is 5.32 Å². The van der Waals surface area contributed by atoms with E-state index in [1.807, 2.05) is 18.2 Å². The quantitative estimate of drug-likeness (QED) is 0.889. The summed E-state index contributed by atoms with van der Waals surface area (Å²) in [7, 11) is 1.71. The van der Waals surface area contributed by atoms with Crippen molar-refractivity contribution in [3.05, 3.63) is 29.3 Å². The molecule has 1 atom stereocenters. The first-order valence-electron chi connectivity index (χ1n) is 5.77. The zero-order chi connectivity index (χ0) is 12.5. The minimum absolute atomic E-state index is 0.286. The Morgan fingerprint density at radius 3 is 2.88 bits per heavy atom. The van der Waals surface area contributed by atoms with Gasteiger partial charge in [0.25, 0.3) is 0 Å². The highest BCUT2D eigenvalue weighted by Crippen LogP contribution is 2.37. The Hall–Kier alpha value is -0.610. The summed E-state index contributed by atoms with van der Waals surface area (Å²) in [4.78, 5) is 1.17. The van der Waals surface area contributed by atoms with Crippen LogP contribution in [0.5, 0.6) is 0 Å². The van der Waals surface area contributed by atoms with Gasteiger partial charge >= 0.3 is 0 Å². The fraction of sp³-hybridized carbons (Fsp3) is 0.538. The molecule has 0 saturated heterocycles. The Morgan fingerprint density at radius 2 is 2.24 bits per heavy atom. The lowest BCUT2D eigenvalue weighted by molar-refractivity contribution is 0.0597. The van der Waals surface area contributed by atoms with E-state index < -0.39 is 11.8 Å². The van der Waals surface area contributed by atoms with Crippen LogP contribution in [0.4, 0.5) is 8.78 Å². The molecule has 94 valence electrons. The molecule has 0 saturated carbocycles. The largest absolute Gasteiger partial charge is 0.319 e. The molecule has 0 spiro atoms. The highest BCUT2D eigenvalue weighted by Gasteiger charge is 2.36. The number of aryl methyl sites for hydroxylation is 1. The van der Waals surface area contributed by atoms with Gasteiger partial charge in [-0.05, 0) is 37.6 Å². The third-order valence-electron chi connectivity index (χ3n) is 3.38. The summed E-state index contributed by atoms with van der Waals surface area (Å²) < 4.78 is 26.5. The van der Waals surface area contributed by atoms with Gasteiger partial charge in [0.05, 0.1) is 5.41 Å². The first-order valence-corrected chi connectivity index (χ1v) is 6.75. The summed E-state index contributed by atoms with van der Waals surface area (Å²) in [6.07, 6.45) is -1.31. The third kappa shape index (κ3) is 2.33. The molecule has 17 heavy (non-hydrogen) atoms. The van der Waals surface area contributed by atoms with E-state index in [4.69, 9.17) is 0 Å². The molecular weight excluding hydrogens is 240 g/mol. The lowest BCUT2D eigenvalue weighted by Crippen LogP contribution is -2.40. The Kier molecular flexibility index (Phi) is 3.73. The van der Waals surface area contributed by atoms with E-state index in [9.17, 15) is 8.78 Å². The van der Waals surface area contributed by atoms with Crippen LogP contribution in [0.15, 0.2) is 23.1 Å². The molecule has 1 aliphatic heterocycles. The Bertz CT molecular complexity index is 408. The molecular formula is C13H17F2NS. The molecule has 2 rings (SSSR count). The van der Waals surface area contributed by atoms with Crippen LogP contribution in [0.1, 0.15) is 18.1 Å². The summed E-state index contributed by atoms with van der Waals surface area (Å²) in [5.41, 5.74) is 0.919. The van der Waals surface area contributed by atoms with Crippen molar-refractivity contribution in [3.63, 3.8) is 0 Å². The molecule has 1 nitrogen and oxygen atoms in total. The molecule has 1 unspecified atom stereocenters. The van der Waals surface area contributed by atoms with Crippen molar-refractivity contribution in [2.45, 2.75) is 30.1 Å². The zero-order valence-electron chi connectivity index (χ0n) is 10.1. The van der Waals surface area contributed by atoms with E-state index in [0.29, 0.717) is 0 Å². The number of halogens is 2. The van der Waals surface area contributed by atoms with Gasteiger partial charge in [-0.2, -0.15) is 0 Å². The maximum Gasteiger partial charge on any atom is 0.249 e. The van der Waals surface area contributed by atoms with Crippen molar-refractivity contribution in [1.29, 1.82) is 0 Å². The van der Waals surface area contributed by atoms with E-state index in [0.717, 1.165) is 17.7 Å². The normalized spacial score (nSPS) is 18.2. The van der Waals surface area contributed by atoms with Crippen LogP contribution in [0, 0.1) is 0 Å². The predicted octanol–water partition coefficient (Wildman–Crippen LogP) is 3.08. The molecule has 1 heterocycles. The highest BCUT2D eigenvalue weighted by molar-refractivity contribution is 7.99. The van der Waals surface area contributed by atoms with Crippen LogP contribution in [-0.2, 0) is 11.8 Å². The van der Waals surface area contributed by atoms with Crippen LogP contribution in [-0.4, -0.2) is 25.8 Å². The van der Waals surface area contributed by atoms with E-state index in [1.165, 1.54) is 10.5 Å². The molecule has 1 N–H and O–H groups in total. The standard InChI is InChI=1S/C13H17F2NS/c1-13(8-16-2,12(14)15)10-4-3-9-5-6-17-11(9)7-10/h3-4,7,12,16H,5-6,8H2,1-2H3. The van der Waals surface area contributed by atoms with Gasteiger partial charge in [0.15, 0.2) is 0 Å². The van der Waals surface area contributed by atoms with E-state index in [1.54, 1.807) is 25.7 Å². The monoisotopic (exact) mass is 257 g/mol. The molecule has 0 fully saturated rings. The molecule has 1 aromatic carbocycles. The maximum atomic E-state index is 13.3. The van der Waals surface area contributed by atoms with Crippen LogP contribution < -0.4 is 5.32 Å². The van der Waals surface area contributed by atoms with Crippen LogP contribution in [0.25, 0.3) is 0 Å². The second kappa shape index (κ2) is 4.94. The number of hydrogen-bond donors (Lipinski definition) is 1. The van der Waals surface area contributed by atoms with Crippen LogP contribution in [0.3, 0.4) is 0 Å². The summed E-state index contributed by atoms with van der Waals surface area (Å²) in [6, 6.07) is 5.80. The SMILES string of the molecule is CNCC(C)(c1ccc2c(c1)SCC2)C(F)F. The number of fused-ring (bicyclic) bond motifs is 1. The molecule has 0 amide bonds. The topological polar surface area (TPSA) is 12.0 Å². The molecule has 0 aliphatic carbocycles. The van der Waals surface area contributed by atoms with Gasteiger partial charge in [0, 0.05) is 17.2 Å². The van der Waals surface area contributed by atoms with Gasteiger partial charge in [-0.15, -0.1) is 11.8 Å². The molecule has 4 heteroatoms. The first-order chi connectivity index (χ1) is 8.08. The predicted molar refractivity (Wildman–Crippen MR) is 68.2 cm³/mol. The molecule has 0 aromatic heterocycles. The van der Waals surface area contributed by atoms with Crippen molar-refractivity contribution < 1.29 is 8.78 Å². The summed E-state index contributed by atoms with van der Waals surface area (Å²) in [5.74, 6) is 1.07. The molecule has 0 bridgehead atoms. The number of benzene rings is 1. The zero-order valence-corrected chi connectivity index (χ0v) is 10.9. The fourth-order valence-electron chi connectivity index (χ4n) is 2.19. The van der Waals surface area contributed by atoms with Crippen molar-refractivity contribution in [2.75, 3.05) is 19.3 Å². The average molecular weight is 257 g/mol. The van der Waals surface area contributed by atoms with Crippen molar-refractivity contribution in [2.24, 2.45) is 0 Å². The van der Waals surface area contributed by atoms with E-state index >= 15 is 0 Å². The lowest BCUT2D eigenvalue weighted by atomic mass is 9.82. The van der Waals surface area contributed by atoms with Gasteiger partial charge in [-0.3, -0.25) is 0 Å². The molecule has 1 aliphatic rings. The van der Waals surface area contributed by atoms with E-state index in [-0.39, 0.29) is 6.54 Å². The number of rotatable bonds is 4. The summed E-state index contributed by atoms with van der Waals surface area (Å²) in [5, 5.41) is 2.87. The van der Waals surface area contributed by atoms with Crippen molar-refractivity contribution >= 4 is 11.8 Å².